The molecule has 2 aliphatic rings. The van der Waals surface area contributed by atoms with Crippen molar-refractivity contribution in [2.24, 2.45) is 0 Å². The van der Waals surface area contributed by atoms with Crippen LogP contribution in [0.4, 0.5) is 0 Å². The summed E-state index contributed by atoms with van der Waals surface area (Å²) >= 11 is 0. The molecule has 1 atom stereocenters. The molecule has 1 fully saturated rings. The molecule has 2 aliphatic heterocycles. The van der Waals surface area contributed by atoms with Crippen molar-refractivity contribution in [3.05, 3.63) is 54.7 Å². The molecule has 1 amide bonds. The Kier molecular flexibility index (Phi) is 4.63. The van der Waals surface area contributed by atoms with E-state index in [1.807, 2.05) is 53.4 Å². The van der Waals surface area contributed by atoms with Crippen LogP contribution < -0.4 is 14.2 Å². The summed E-state index contributed by atoms with van der Waals surface area (Å²) < 4.78 is 17.5. The van der Waals surface area contributed by atoms with Gasteiger partial charge in [-0.3, -0.25) is 4.79 Å². The van der Waals surface area contributed by atoms with Crippen LogP contribution in [-0.2, 0) is 4.79 Å². The van der Waals surface area contributed by atoms with E-state index in [4.69, 9.17) is 14.2 Å². The summed E-state index contributed by atoms with van der Waals surface area (Å²) in [6.45, 7) is 1.47. The maximum Gasteiger partial charge on any atom is 0.267 e. The summed E-state index contributed by atoms with van der Waals surface area (Å²) in [5.41, 5.74) is 1.66. The van der Waals surface area contributed by atoms with Crippen LogP contribution in [0.5, 0.6) is 17.4 Å². The number of aromatic nitrogens is 2. The van der Waals surface area contributed by atoms with Crippen molar-refractivity contribution < 1.29 is 19.0 Å². The molecule has 29 heavy (non-hydrogen) atoms. The highest BCUT2D eigenvalue weighted by Crippen LogP contribution is 2.31. The Balaban J connectivity index is 1.17. The number of amides is 1. The van der Waals surface area contributed by atoms with E-state index >= 15 is 0 Å². The van der Waals surface area contributed by atoms with Crippen LogP contribution in [0.1, 0.15) is 12.8 Å². The third-order valence-corrected chi connectivity index (χ3v) is 5.25. The van der Waals surface area contributed by atoms with Gasteiger partial charge in [0, 0.05) is 25.9 Å². The molecule has 2 aromatic carbocycles. The number of ether oxygens (including phenoxy) is 3. The lowest BCUT2D eigenvalue weighted by molar-refractivity contribution is -0.143. The highest BCUT2D eigenvalue weighted by atomic mass is 16.6. The first kappa shape index (κ1) is 17.7. The van der Waals surface area contributed by atoms with Gasteiger partial charge in [0.25, 0.3) is 5.91 Å². The first-order valence-corrected chi connectivity index (χ1v) is 9.82. The predicted molar refractivity (Wildman–Crippen MR) is 106 cm³/mol. The second-order valence-electron chi connectivity index (χ2n) is 7.20. The second-order valence-corrected chi connectivity index (χ2v) is 7.20. The Bertz CT molecular complexity index is 1030. The minimum Gasteiger partial charge on any atom is -0.485 e. The molecule has 3 heterocycles. The summed E-state index contributed by atoms with van der Waals surface area (Å²) in [5.74, 6) is 1.78. The van der Waals surface area contributed by atoms with Gasteiger partial charge in [-0.2, -0.15) is 0 Å². The number of para-hydroxylation sites is 4. The van der Waals surface area contributed by atoms with Crippen molar-refractivity contribution in [2.75, 3.05) is 19.7 Å². The van der Waals surface area contributed by atoms with Crippen LogP contribution in [0.15, 0.2) is 54.7 Å². The number of hydrogen-bond donors (Lipinski definition) is 0. The number of carbonyl (C=O) groups is 1. The largest absolute Gasteiger partial charge is 0.485 e. The zero-order valence-electron chi connectivity index (χ0n) is 15.9. The summed E-state index contributed by atoms with van der Waals surface area (Å²) in [6.07, 6.45) is 2.55. The standard InChI is InChI=1S/C22H21N3O4/c26-22(20-14-27-18-7-3-4-8-19(18)29-20)25-11-9-15(10-12-25)28-21-13-23-16-5-1-2-6-17(16)24-21/h1-8,13,15,20H,9-12,14H2. The molecule has 3 aromatic rings. The number of benzene rings is 2. The summed E-state index contributed by atoms with van der Waals surface area (Å²) in [4.78, 5) is 23.6. The summed E-state index contributed by atoms with van der Waals surface area (Å²) in [7, 11) is 0. The number of rotatable bonds is 3. The molecule has 1 aromatic heterocycles. The number of hydrogen-bond acceptors (Lipinski definition) is 6. The number of piperidine rings is 1. The fraction of sp³-hybridized carbons (Fsp3) is 0.318. The third-order valence-electron chi connectivity index (χ3n) is 5.25. The van der Waals surface area contributed by atoms with Gasteiger partial charge in [-0.1, -0.05) is 24.3 Å². The molecule has 1 unspecified atom stereocenters. The monoisotopic (exact) mass is 391 g/mol. The van der Waals surface area contributed by atoms with E-state index in [9.17, 15) is 4.79 Å². The van der Waals surface area contributed by atoms with E-state index in [1.54, 1.807) is 6.20 Å². The molecule has 0 N–H and O–H groups in total. The smallest absolute Gasteiger partial charge is 0.267 e. The van der Waals surface area contributed by atoms with Crippen LogP contribution in [0.25, 0.3) is 11.0 Å². The molecule has 0 saturated carbocycles. The molecule has 0 bridgehead atoms. The predicted octanol–water partition coefficient (Wildman–Crippen LogP) is 2.84. The van der Waals surface area contributed by atoms with Crippen LogP contribution >= 0.6 is 0 Å². The van der Waals surface area contributed by atoms with Gasteiger partial charge < -0.3 is 19.1 Å². The van der Waals surface area contributed by atoms with Crippen molar-refractivity contribution in [1.29, 1.82) is 0 Å². The van der Waals surface area contributed by atoms with Crippen LogP contribution in [0, 0.1) is 0 Å². The molecule has 7 heteroatoms. The van der Waals surface area contributed by atoms with E-state index in [2.05, 4.69) is 9.97 Å². The molecular formula is C22H21N3O4. The number of fused-ring (bicyclic) bond motifs is 2. The Labute approximate surface area is 168 Å². The Morgan fingerprint density at radius 1 is 1.00 bits per heavy atom. The first-order valence-electron chi connectivity index (χ1n) is 9.82. The number of carbonyl (C=O) groups excluding carboxylic acids is 1. The van der Waals surface area contributed by atoms with Crippen molar-refractivity contribution in [1.82, 2.24) is 14.9 Å². The summed E-state index contributed by atoms with van der Waals surface area (Å²) in [5, 5.41) is 0. The molecule has 0 aliphatic carbocycles. The molecule has 0 radical (unpaired) electrons. The van der Waals surface area contributed by atoms with Gasteiger partial charge in [-0.15, -0.1) is 0 Å². The molecular weight excluding hydrogens is 370 g/mol. The highest BCUT2D eigenvalue weighted by Gasteiger charge is 2.33. The van der Waals surface area contributed by atoms with Crippen LogP contribution in [0.3, 0.4) is 0 Å². The van der Waals surface area contributed by atoms with Gasteiger partial charge in [0.2, 0.25) is 12.0 Å². The fourth-order valence-electron chi connectivity index (χ4n) is 3.71. The Hall–Kier alpha value is -3.35. The molecule has 7 nitrogen and oxygen atoms in total. The lowest BCUT2D eigenvalue weighted by atomic mass is 10.1. The quantitative estimate of drug-likeness (QED) is 0.684. The van der Waals surface area contributed by atoms with E-state index < -0.39 is 6.10 Å². The molecule has 1 saturated heterocycles. The SMILES string of the molecule is O=C(C1COc2ccccc2O1)N1CCC(Oc2cnc3ccccc3n2)CC1. The molecule has 148 valence electrons. The van der Waals surface area contributed by atoms with E-state index in [0.29, 0.717) is 30.5 Å². The van der Waals surface area contributed by atoms with E-state index in [0.717, 1.165) is 23.9 Å². The topological polar surface area (TPSA) is 73.8 Å². The van der Waals surface area contributed by atoms with Crippen molar-refractivity contribution in [3.63, 3.8) is 0 Å². The lowest BCUT2D eigenvalue weighted by Crippen LogP contribution is -2.50. The Morgan fingerprint density at radius 3 is 2.55 bits per heavy atom. The van der Waals surface area contributed by atoms with Gasteiger partial charge in [0.05, 0.1) is 17.2 Å². The Morgan fingerprint density at radius 2 is 1.72 bits per heavy atom. The average Bonchev–Trinajstić information content (AvgIpc) is 2.79. The van der Waals surface area contributed by atoms with Crippen LogP contribution in [0.2, 0.25) is 0 Å². The van der Waals surface area contributed by atoms with Gasteiger partial charge in [0.15, 0.2) is 11.5 Å². The summed E-state index contributed by atoms with van der Waals surface area (Å²) in [6, 6.07) is 15.1. The van der Waals surface area contributed by atoms with Crippen molar-refractivity contribution in [3.8, 4) is 17.4 Å². The van der Waals surface area contributed by atoms with Gasteiger partial charge in [0.1, 0.15) is 12.7 Å². The minimum atomic E-state index is -0.603. The zero-order valence-corrected chi connectivity index (χ0v) is 15.9. The van der Waals surface area contributed by atoms with Crippen LogP contribution in [-0.4, -0.2) is 52.7 Å². The van der Waals surface area contributed by atoms with E-state index in [1.165, 1.54) is 0 Å². The third kappa shape index (κ3) is 3.68. The maximum atomic E-state index is 12.8. The second kappa shape index (κ2) is 7.58. The van der Waals surface area contributed by atoms with Gasteiger partial charge in [-0.25, -0.2) is 9.97 Å². The van der Waals surface area contributed by atoms with E-state index in [-0.39, 0.29) is 18.6 Å². The zero-order chi connectivity index (χ0) is 19.6. The highest BCUT2D eigenvalue weighted by molar-refractivity contribution is 5.82. The average molecular weight is 391 g/mol. The molecule has 0 spiro atoms. The fourth-order valence-corrected chi connectivity index (χ4v) is 3.71. The van der Waals surface area contributed by atoms with Gasteiger partial charge in [-0.05, 0) is 24.3 Å². The normalized spacial score (nSPS) is 19.2. The number of likely N-dealkylation sites (tertiary alicyclic amines) is 1. The van der Waals surface area contributed by atoms with Crippen molar-refractivity contribution >= 4 is 16.9 Å². The maximum absolute atomic E-state index is 12.8. The minimum absolute atomic E-state index is 0.0127. The number of nitrogens with zero attached hydrogens (tertiary/aromatic N) is 3. The van der Waals surface area contributed by atoms with Gasteiger partial charge >= 0.3 is 0 Å². The first-order chi connectivity index (χ1) is 14.3. The lowest BCUT2D eigenvalue weighted by Gasteiger charge is -2.35. The van der Waals surface area contributed by atoms with Crippen molar-refractivity contribution in [2.45, 2.75) is 25.0 Å². The molecule has 5 rings (SSSR count).